The van der Waals surface area contributed by atoms with Crippen LogP contribution in [-0.4, -0.2) is 37.6 Å². The number of nitrogens with two attached hydrogens (primary N) is 1. The number of hydrogen-bond acceptors (Lipinski definition) is 3. The third-order valence-corrected chi connectivity index (χ3v) is 3.79. The highest BCUT2D eigenvalue weighted by atomic mass is 35.5. The summed E-state index contributed by atoms with van der Waals surface area (Å²) in [6.45, 7) is 1.98. The van der Waals surface area contributed by atoms with Crippen molar-refractivity contribution in [2.45, 2.75) is 19.3 Å². The van der Waals surface area contributed by atoms with E-state index in [1.807, 2.05) is 0 Å². The number of hydrogen-bond donors (Lipinski definition) is 1. The van der Waals surface area contributed by atoms with Crippen molar-refractivity contribution in [3.63, 3.8) is 0 Å². The van der Waals surface area contributed by atoms with Crippen LogP contribution in [0.5, 0.6) is 5.75 Å². The van der Waals surface area contributed by atoms with Crippen molar-refractivity contribution in [1.29, 1.82) is 0 Å². The highest BCUT2D eigenvalue weighted by Gasteiger charge is 2.25. The molecule has 1 amide bonds. The fourth-order valence-electron chi connectivity index (χ4n) is 2.69. The van der Waals surface area contributed by atoms with E-state index in [1.54, 1.807) is 11.0 Å². The van der Waals surface area contributed by atoms with Gasteiger partial charge in [0.15, 0.2) is 0 Å². The number of piperidine rings is 1. The maximum atomic E-state index is 13.9. The number of ether oxygens (including phenoxy) is 1. The number of carbonyl (C=O) groups excluding carboxylic acids is 1. The molecule has 21 heavy (non-hydrogen) atoms. The van der Waals surface area contributed by atoms with Crippen LogP contribution >= 0.6 is 12.4 Å². The first-order chi connectivity index (χ1) is 9.65. The van der Waals surface area contributed by atoms with E-state index in [1.165, 1.54) is 19.2 Å². The predicted molar refractivity (Wildman–Crippen MR) is 82.5 cm³/mol. The Hall–Kier alpha value is -1.33. The molecule has 0 spiro atoms. The van der Waals surface area contributed by atoms with Gasteiger partial charge in [0.25, 0.3) is 5.91 Å². The minimum absolute atomic E-state index is 0. The van der Waals surface area contributed by atoms with Crippen LogP contribution in [0.4, 0.5) is 4.39 Å². The first-order valence-corrected chi connectivity index (χ1v) is 6.98. The molecule has 118 valence electrons. The number of amides is 1. The molecule has 1 saturated heterocycles. The van der Waals surface area contributed by atoms with Crippen LogP contribution in [0.25, 0.3) is 0 Å². The first kappa shape index (κ1) is 17.7. The monoisotopic (exact) mass is 316 g/mol. The summed E-state index contributed by atoms with van der Waals surface area (Å²) in [5.41, 5.74) is 5.68. The Morgan fingerprint density at radius 1 is 1.52 bits per heavy atom. The molecule has 1 heterocycles. The van der Waals surface area contributed by atoms with Crippen LogP contribution in [0, 0.1) is 11.7 Å². The van der Waals surface area contributed by atoms with Crippen molar-refractivity contribution in [1.82, 2.24) is 4.90 Å². The summed E-state index contributed by atoms with van der Waals surface area (Å²) in [6.07, 6.45) is 2.95. The number of likely N-dealkylation sites (tertiary alicyclic amines) is 1. The van der Waals surface area contributed by atoms with E-state index in [9.17, 15) is 9.18 Å². The molecule has 4 nitrogen and oxygen atoms in total. The highest BCUT2D eigenvalue weighted by molar-refractivity contribution is 5.94. The number of halogens is 2. The summed E-state index contributed by atoms with van der Waals surface area (Å²) in [6, 6.07) is 4.34. The van der Waals surface area contributed by atoms with Gasteiger partial charge < -0.3 is 15.4 Å². The standard InChI is InChI=1S/C15H21FN2O2.ClH/c1-20-12-4-5-13(14(16)9-12)15(19)18-8-2-3-11(10-18)6-7-17;/h4-5,9,11H,2-3,6-8,10,17H2,1H3;1H. The van der Waals surface area contributed by atoms with Crippen LogP contribution in [0.2, 0.25) is 0 Å². The highest BCUT2D eigenvalue weighted by Crippen LogP contribution is 2.23. The third kappa shape index (κ3) is 4.32. The summed E-state index contributed by atoms with van der Waals surface area (Å²) in [5, 5.41) is 0. The number of nitrogens with zero attached hydrogens (tertiary/aromatic N) is 1. The molecule has 2 rings (SSSR count). The fourth-order valence-corrected chi connectivity index (χ4v) is 2.69. The van der Waals surface area contributed by atoms with Gasteiger partial charge in [-0.2, -0.15) is 0 Å². The average Bonchev–Trinajstić information content (AvgIpc) is 2.47. The molecule has 1 aromatic carbocycles. The maximum absolute atomic E-state index is 13.9. The van der Waals surface area contributed by atoms with Gasteiger partial charge in [0, 0.05) is 19.2 Å². The summed E-state index contributed by atoms with van der Waals surface area (Å²) >= 11 is 0. The van der Waals surface area contributed by atoms with Crippen LogP contribution < -0.4 is 10.5 Å². The van der Waals surface area contributed by atoms with Crippen molar-refractivity contribution < 1.29 is 13.9 Å². The Kier molecular flexibility index (Phi) is 6.92. The van der Waals surface area contributed by atoms with Crippen molar-refractivity contribution in [3.8, 4) is 5.75 Å². The van der Waals surface area contributed by atoms with E-state index in [2.05, 4.69) is 0 Å². The van der Waals surface area contributed by atoms with Crippen molar-refractivity contribution in [2.24, 2.45) is 11.7 Å². The van der Waals surface area contributed by atoms with Crippen molar-refractivity contribution in [3.05, 3.63) is 29.6 Å². The van der Waals surface area contributed by atoms with E-state index in [0.717, 1.165) is 19.3 Å². The van der Waals surface area contributed by atoms with Crippen LogP contribution in [0.3, 0.4) is 0 Å². The molecule has 0 aliphatic carbocycles. The number of benzene rings is 1. The zero-order valence-corrected chi connectivity index (χ0v) is 13.0. The summed E-state index contributed by atoms with van der Waals surface area (Å²) < 4.78 is 18.9. The molecule has 1 aromatic rings. The Labute approximate surface area is 130 Å². The summed E-state index contributed by atoms with van der Waals surface area (Å²) in [7, 11) is 1.47. The van der Waals surface area contributed by atoms with E-state index in [-0.39, 0.29) is 23.9 Å². The topological polar surface area (TPSA) is 55.6 Å². The number of rotatable bonds is 4. The second kappa shape index (κ2) is 8.20. The Morgan fingerprint density at radius 2 is 2.29 bits per heavy atom. The largest absolute Gasteiger partial charge is 0.497 e. The van der Waals surface area contributed by atoms with Gasteiger partial charge in [-0.15, -0.1) is 12.4 Å². The molecule has 1 unspecified atom stereocenters. The molecule has 6 heteroatoms. The number of carbonyl (C=O) groups is 1. The molecule has 0 radical (unpaired) electrons. The van der Waals surface area contributed by atoms with Gasteiger partial charge in [0.2, 0.25) is 0 Å². The van der Waals surface area contributed by atoms with E-state index in [0.29, 0.717) is 31.3 Å². The van der Waals surface area contributed by atoms with Crippen molar-refractivity contribution in [2.75, 3.05) is 26.7 Å². The van der Waals surface area contributed by atoms with Gasteiger partial charge in [-0.1, -0.05) is 0 Å². The van der Waals surface area contributed by atoms with Gasteiger partial charge >= 0.3 is 0 Å². The molecular formula is C15H22ClFN2O2. The normalized spacial score (nSPS) is 18.0. The summed E-state index contributed by atoms with van der Waals surface area (Å²) in [4.78, 5) is 14.1. The zero-order valence-electron chi connectivity index (χ0n) is 12.2. The molecule has 1 fully saturated rings. The van der Waals surface area contributed by atoms with Gasteiger partial charge in [-0.05, 0) is 43.9 Å². The minimum atomic E-state index is -0.532. The van der Waals surface area contributed by atoms with Crippen LogP contribution in [0.1, 0.15) is 29.6 Å². The van der Waals surface area contributed by atoms with Gasteiger partial charge in [0.1, 0.15) is 11.6 Å². The lowest BCUT2D eigenvalue weighted by atomic mass is 9.94. The van der Waals surface area contributed by atoms with Crippen LogP contribution in [0.15, 0.2) is 18.2 Å². The van der Waals surface area contributed by atoms with Gasteiger partial charge in [0.05, 0.1) is 12.7 Å². The molecule has 1 atom stereocenters. The second-order valence-electron chi connectivity index (χ2n) is 5.18. The maximum Gasteiger partial charge on any atom is 0.256 e. The van der Waals surface area contributed by atoms with Gasteiger partial charge in [-0.25, -0.2) is 4.39 Å². The number of methoxy groups -OCH3 is 1. The summed E-state index contributed by atoms with van der Waals surface area (Å²) in [5.74, 6) is 0.0693. The molecule has 0 saturated carbocycles. The lowest BCUT2D eigenvalue weighted by Crippen LogP contribution is -2.40. The average molecular weight is 317 g/mol. The van der Waals surface area contributed by atoms with Crippen molar-refractivity contribution >= 4 is 18.3 Å². The van der Waals surface area contributed by atoms with E-state index >= 15 is 0 Å². The second-order valence-corrected chi connectivity index (χ2v) is 5.18. The minimum Gasteiger partial charge on any atom is -0.497 e. The smallest absolute Gasteiger partial charge is 0.256 e. The molecule has 0 bridgehead atoms. The first-order valence-electron chi connectivity index (χ1n) is 6.98. The fraction of sp³-hybridized carbons (Fsp3) is 0.533. The molecule has 1 aliphatic rings. The molecule has 2 N–H and O–H groups in total. The lowest BCUT2D eigenvalue weighted by molar-refractivity contribution is 0.0664. The Bertz CT molecular complexity index is 483. The molecule has 0 aromatic heterocycles. The Balaban J connectivity index is 0.00000220. The lowest BCUT2D eigenvalue weighted by Gasteiger charge is -2.32. The zero-order chi connectivity index (χ0) is 14.5. The van der Waals surface area contributed by atoms with E-state index in [4.69, 9.17) is 10.5 Å². The SMILES string of the molecule is COc1ccc(C(=O)N2CCCC(CCN)C2)c(F)c1.Cl. The van der Waals surface area contributed by atoms with E-state index < -0.39 is 5.82 Å². The Morgan fingerprint density at radius 3 is 2.90 bits per heavy atom. The quantitative estimate of drug-likeness (QED) is 0.928. The third-order valence-electron chi connectivity index (χ3n) is 3.79. The molecular weight excluding hydrogens is 295 g/mol. The van der Waals surface area contributed by atoms with Crippen LogP contribution in [-0.2, 0) is 0 Å². The molecule has 1 aliphatic heterocycles. The predicted octanol–water partition coefficient (Wildman–Crippen LogP) is 2.46. The van der Waals surface area contributed by atoms with Gasteiger partial charge in [-0.3, -0.25) is 4.79 Å².